The van der Waals surface area contributed by atoms with Crippen molar-refractivity contribution in [2.24, 2.45) is 0 Å². The van der Waals surface area contributed by atoms with Gasteiger partial charge in [-0.05, 0) is 42.8 Å². The molecule has 0 spiro atoms. The third kappa shape index (κ3) is 3.88. The summed E-state index contributed by atoms with van der Waals surface area (Å²) in [4.78, 5) is 16.5. The molecule has 0 saturated heterocycles. The van der Waals surface area contributed by atoms with Crippen LogP contribution in [-0.4, -0.2) is 10.9 Å². The molecule has 4 nitrogen and oxygen atoms in total. The number of carbonyl (C=O) groups excluding carboxylic acids is 1. The molecule has 0 saturated carbocycles. The summed E-state index contributed by atoms with van der Waals surface area (Å²) in [5.41, 5.74) is 3.01. The molecule has 3 rings (SSSR count). The van der Waals surface area contributed by atoms with Crippen molar-refractivity contribution in [3.8, 4) is 0 Å². The van der Waals surface area contributed by atoms with E-state index >= 15 is 0 Å². The zero-order valence-electron chi connectivity index (χ0n) is 12.3. The van der Waals surface area contributed by atoms with E-state index in [0.29, 0.717) is 16.3 Å². The number of hydrogen-bond donors (Lipinski definition) is 2. The fourth-order valence-electron chi connectivity index (χ4n) is 2.02. The highest BCUT2D eigenvalue weighted by molar-refractivity contribution is 7.13. The molecular weight excluding hydrogens is 330 g/mol. The maximum absolute atomic E-state index is 12.4. The van der Waals surface area contributed by atoms with Crippen LogP contribution >= 0.6 is 22.9 Å². The zero-order chi connectivity index (χ0) is 16.2. The molecule has 0 bridgehead atoms. The Labute approximate surface area is 143 Å². The number of rotatable bonds is 4. The molecular formula is C17H14ClN3OS. The van der Waals surface area contributed by atoms with Crippen molar-refractivity contribution < 1.29 is 4.79 Å². The molecule has 0 atom stereocenters. The number of aromatic nitrogens is 1. The van der Waals surface area contributed by atoms with E-state index in [2.05, 4.69) is 15.6 Å². The second kappa shape index (κ2) is 6.81. The molecule has 0 aliphatic carbocycles. The predicted molar refractivity (Wildman–Crippen MR) is 96.0 cm³/mol. The van der Waals surface area contributed by atoms with Gasteiger partial charge in [0.1, 0.15) is 0 Å². The molecule has 23 heavy (non-hydrogen) atoms. The van der Waals surface area contributed by atoms with Gasteiger partial charge in [0.05, 0.1) is 0 Å². The largest absolute Gasteiger partial charge is 0.332 e. The lowest BCUT2D eigenvalue weighted by molar-refractivity contribution is 0.102. The first-order valence-corrected chi connectivity index (χ1v) is 8.22. The average Bonchev–Trinajstić information content (AvgIpc) is 3.04. The zero-order valence-corrected chi connectivity index (χ0v) is 13.9. The summed E-state index contributed by atoms with van der Waals surface area (Å²) in [7, 11) is 0. The van der Waals surface area contributed by atoms with Gasteiger partial charge in [-0.2, -0.15) is 0 Å². The van der Waals surface area contributed by atoms with Gasteiger partial charge in [-0.3, -0.25) is 4.79 Å². The summed E-state index contributed by atoms with van der Waals surface area (Å²) in [5, 5.41) is 9.31. The number of thiazole rings is 1. The Hall–Kier alpha value is -2.37. The van der Waals surface area contributed by atoms with E-state index in [-0.39, 0.29) is 5.91 Å². The third-order valence-corrected chi connectivity index (χ3v) is 4.33. The Kier molecular flexibility index (Phi) is 4.60. The van der Waals surface area contributed by atoms with Gasteiger partial charge in [0.15, 0.2) is 5.13 Å². The topological polar surface area (TPSA) is 54.0 Å². The van der Waals surface area contributed by atoms with Gasteiger partial charge in [-0.1, -0.05) is 23.7 Å². The minimum atomic E-state index is -0.187. The lowest BCUT2D eigenvalue weighted by Gasteiger charge is -2.08. The SMILES string of the molecule is Cc1ccc(NC(=O)c2cccc(Nc3nccs3)c2)cc1Cl. The van der Waals surface area contributed by atoms with Crippen LogP contribution in [-0.2, 0) is 0 Å². The van der Waals surface area contributed by atoms with Crippen molar-refractivity contribution >= 4 is 45.4 Å². The van der Waals surface area contributed by atoms with Crippen molar-refractivity contribution in [2.75, 3.05) is 10.6 Å². The molecule has 2 N–H and O–H groups in total. The Balaban J connectivity index is 1.75. The molecule has 0 aliphatic rings. The van der Waals surface area contributed by atoms with E-state index in [1.165, 1.54) is 11.3 Å². The summed E-state index contributed by atoms with van der Waals surface area (Å²) in [6.07, 6.45) is 1.73. The summed E-state index contributed by atoms with van der Waals surface area (Å²) in [5.74, 6) is -0.187. The first-order chi connectivity index (χ1) is 11.1. The van der Waals surface area contributed by atoms with E-state index in [1.807, 2.05) is 36.6 Å². The van der Waals surface area contributed by atoms with Crippen LogP contribution in [0.25, 0.3) is 0 Å². The van der Waals surface area contributed by atoms with Gasteiger partial charge in [0.25, 0.3) is 5.91 Å². The van der Waals surface area contributed by atoms with Gasteiger partial charge in [0, 0.05) is 33.5 Å². The highest BCUT2D eigenvalue weighted by atomic mass is 35.5. The number of aryl methyl sites for hydroxylation is 1. The van der Waals surface area contributed by atoms with Crippen LogP contribution in [0.5, 0.6) is 0 Å². The molecule has 2 aromatic carbocycles. The number of anilines is 3. The van der Waals surface area contributed by atoms with Crippen molar-refractivity contribution in [1.29, 1.82) is 0 Å². The van der Waals surface area contributed by atoms with E-state index in [0.717, 1.165) is 16.4 Å². The molecule has 0 radical (unpaired) electrons. The van der Waals surface area contributed by atoms with Crippen LogP contribution in [0, 0.1) is 6.92 Å². The first-order valence-electron chi connectivity index (χ1n) is 6.96. The molecule has 1 heterocycles. The van der Waals surface area contributed by atoms with Gasteiger partial charge in [-0.15, -0.1) is 11.3 Å². The fraction of sp³-hybridized carbons (Fsp3) is 0.0588. The second-order valence-electron chi connectivity index (χ2n) is 4.96. The highest BCUT2D eigenvalue weighted by Gasteiger charge is 2.08. The van der Waals surface area contributed by atoms with Crippen LogP contribution in [0.15, 0.2) is 54.0 Å². The number of benzene rings is 2. The second-order valence-corrected chi connectivity index (χ2v) is 6.26. The molecule has 6 heteroatoms. The van der Waals surface area contributed by atoms with E-state index in [4.69, 9.17) is 11.6 Å². The van der Waals surface area contributed by atoms with E-state index in [9.17, 15) is 4.79 Å². The van der Waals surface area contributed by atoms with Crippen molar-refractivity contribution in [3.05, 3.63) is 70.2 Å². The molecule has 0 aliphatic heterocycles. The lowest BCUT2D eigenvalue weighted by atomic mass is 10.1. The quantitative estimate of drug-likeness (QED) is 0.692. The Bertz CT molecular complexity index is 834. The number of nitrogens with one attached hydrogen (secondary N) is 2. The lowest BCUT2D eigenvalue weighted by Crippen LogP contribution is -2.12. The van der Waals surface area contributed by atoms with Gasteiger partial charge < -0.3 is 10.6 Å². The van der Waals surface area contributed by atoms with Gasteiger partial charge in [0.2, 0.25) is 0 Å². The molecule has 1 amide bonds. The minimum Gasteiger partial charge on any atom is -0.332 e. The van der Waals surface area contributed by atoms with Gasteiger partial charge >= 0.3 is 0 Å². The summed E-state index contributed by atoms with van der Waals surface area (Å²) < 4.78 is 0. The summed E-state index contributed by atoms with van der Waals surface area (Å²) >= 11 is 7.58. The minimum absolute atomic E-state index is 0.187. The van der Waals surface area contributed by atoms with Crippen molar-refractivity contribution in [2.45, 2.75) is 6.92 Å². The molecule has 3 aromatic rings. The maximum atomic E-state index is 12.4. The van der Waals surface area contributed by atoms with Crippen LogP contribution < -0.4 is 10.6 Å². The van der Waals surface area contributed by atoms with E-state index < -0.39 is 0 Å². The monoisotopic (exact) mass is 343 g/mol. The number of halogens is 1. The number of amides is 1. The highest BCUT2D eigenvalue weighted by Crippen LogP contribution is 2.22. The molecule has 0 fully saturated rings. The number of nitrogens with zero attached hydrogens (tertiary/aromatic N) is 1. The molecule has 116 valence electrons. The Morgan fingerprint density at radius 2 is 2.04 bits per heavy atom. The summed E-state index contributed by atoms with van der Waals surface area (Å²) in [6, 6.07) is 12.7. The maximum Gasteiger partial charge on any atom is 0.255 e. The van der Waals surface area contributed by atoms with Crippen molar-refractivity contribution in [3.63, 3.8) is 0 Å². The van der Waals surface area contributed by atoms with Crippen molar-refractivity contribution in [1.82, 2.24) is 4.98 Å². The number of hydrogen-bond acceptors (Lipinski definition) is 4. The average molecular weight is 344 g/mol. The predicted octanol–water partition coefficient (Wildman–Crippen LogP) is 5.10. The third-order valence-electron chi connectivity index (χ3n) is 3.24. The van der Waals surface area contributed by atoms with Crippen LogP contribution in [0.3, 0.4) is 0 Å². The standard InChI is InChI=1S/C17H14ClN3OS/c1-11-5-6-14(10-15(11)18)20-16(22)12-3-2-4-13(9-12)21-17-19-7-8-23-17/h2-10H,1H3,(H,19,21)(H,20,22). The fourth-order valence-corrected chi connectivity index (χ4v) is 2.75. The first kappa shape index (κ1) is 15.5. The normalized spacial score (nSPS) is 10.3. The van der Waals surface area contributed by atoms with Crippen LogP contribution in [0.1, 0.15) is 15.9 Å². The van der Waals surface area contributed by atoms with E-state index in [1.54, 1.807) is 24.4 Å². The molecule has 1 aromatic heterocycles. The van der Waals surface area contributed by atoms with Crippen LogP contribution in [0.2, 0.25) is 5.02 Å². The van der Waals surface area contributed by atoms with Crippen LogP contribution in [0.4, 0.5) is 16.5 Å². The number of carbonyl (C=O) groups is 1. The Morgan fingerprint density at radius 3 is 2.78 bits per heavy atom. The Morgan fingerprint density at radius 1 is 1.17 bits per heavy atom. The smallest absolute Gasteiger partial charge is 0.255 e. The van der Waals surface area contributed by atoms with Gasteiger partial charge in [-0.25, -0.2) is 4.98 Å². The molecule has 0 unspecified atom stereocenters. The summed E-state index contributed by atoms with van der Waals surface area (Å²) in [6.45, 7) is 1.92.